The fraction of sp³-hybridized carbons (Fsp3) is 1.00. The Morgan fingerprint density at radius 3 is 2.48 bits per heavy atom. The number of likely N-dealkylation sites (tertiary alicyclic amines) is 1. The summed E-state index contributed by atoms with van der Waals surface area (Å²) in [6, 6.07) is 1.42. The van der Waals surface area contributed by atoms with E-state index in [1.807, 2.05) is 0 Å². The molecule has 2 rings (SSSR count). The first-order valence-electron chi connectivity index (χ1n) is 9.14. The molecular formula is C18H36N2O. The van der Waals surface area contributed by atoms with E-state index < -0.39 is 0 Å². The summed E-state index contributed by atoms with van der Waals surface area (Å²) in [4.78, 5) is 2.75. The lowest BCUT2D eigenvalue weighted by atomic mass is 9.72. The number of piperidine rings is 1. The molecule has 0 amide bonds. The SMILES string of the molecule is CCCNC1CCC(C)(C)CC1N1CCC(OCC)CC1. The lowest BCUT2D eigenvalue weighted by Crippen LogP contribution is -2.57. The van der Waals surface area contributed by atoms with E-state index >= 15 is 0 Å². The maximum Gasteiger partial charge on any atom is 0.0599 e. The summed E-state index contributed by atoms with van der Waals surface area (Å²) in [5.74, 6) is 0. The van der Waals surface area contributed by atoms with Crippen molar-refractivity contribution in [2.45, 2.75) is 84.4 Å². The van der Waals surface area contributed by atoms with E-state index in [1.165, 1.54) is 51.6 Å². The van der Waals surface area contributed by atoms with E-state index in [0.29, 0.717) is 17.6 Å². The molecule has 0 bridgehead atoms. The van der Waals surface area contributed by atoms with Crippen LogP contribution < -0.4 is 5.32 Å². The van der Waals surface area contributed by atoms with E-state index in [-0.39, 0.29) is 0 Å². The van der Waals surface area contributed by atoms with Crippen molar-refractivity contribution in [3.05, 3.63) is 0 Å². The van der Waals surface area contributed by atoms with Crippen LogP contribution in [0.5, 0.6) is 0 Å². The molecule has 21 heavy (non-hydrogen) atoms. The third-order valence-electron chi connectivity index (χ3n) is 5.36. The summed E-state index contributed by atoms with van der Waals surface area (Å²) in [7, 11) is 0. The van der Waals surface area contributed by atoms with Gasteiger partial charge in [0.2, 0.25) is 0 Å². The monoisotopic (exact) mass is 296 g/mol. The van der Waals surface area contributed by atoms with E-state index in [2.05, 4.69) is 37.9 Å². The molecule has 1 saturated carbocycles. The molecular weight excluding hydrogens is 260 g/mol. The average Bonchev–Trinajstić information content (AvgIpc) is 2.46. The van der Waals surface area contributed by atoms with Crippen LogP contribution in [0.2, 0.25) is 0 Å². The number of nitrogens with one attached hydrogen (secondary N) is 1. The predicted molar refractivity (Wildman–Crippen MR) is 89.7 cm³/mol. The van der Waals surface area contributed by atoms with Crippen LogP contribution >= 0.6 is 0 Å². The smallest absolute Gasteiger partial charge is 0.0599 e. The van der Waals surface area contributed by atoms with Gasteiger partial charge in [-0.15, -0.1) is 0 Å². The topological polar surface area (TPSA) is 24.5 Å². The van der Waals surface area contributed by atoms with Crippen molar-refractivity contribution in [2.75, 3.05) is 26.2 Å². The van der Waals surface area contributed by atoms with Crippen LogP contribution in [-0.4, -0.2) is 49.3 Å². The standard InChI is InChI=1S/C18H36N2O/c1-5-11-19-16-7-10-18(3,4)14-17(16)20-12-8-15(9-13-20)21-6-2/h15-17,19H,5-14H2,1-4H3. The first-order chi connectivity index (χ1) is 10.1. The molecule has 1 saturated heterocycles. The van der Waals surface area contributed by atoms with Gasteiger partial charge in [0.25, 0.3) is 0 Å². The highest BCUT2D eigenvalue weighted by Crippen LogP contribution is 2.38. The van der Waals surface area contributed by atoms with E-state index in [0.717, 1.165) is 19.2 Å². The Kier molecular flexibility index (Phi) is 6.51. The van der Waals surface area contributed by atoms with Crippen LogP contribution in [0.15, 0.2) is 0 Å². The molecule has 2 fully saturated rings. The Hall–Kier alpha value is -0.120. The summed E-state index contributed by atoms with van der Waals surface area (Å²) >= 11 is 0. The zero-order chi connectivity index (χ0) is 15.3. The largest absolute Gasteiger partial charge is 0.378 e. The molecule has 2 atom stereocenters. The van der Waals surface area contributed by atoms with E-state index in [9.17, 15) is 0 Å². The molecule has 2 aliphatic rings. The van der Waals surface area contributed by atoms with Gasteiger partial charge < -0.3 is 10.1 Å². The summed E-state index contributed by atoms with van der Waals surface area (Å²) < 4.78 is 5.81. The van der Waals surface area contributed by atoms with Gasteiger partial charge in [0.1, 0.15) is 0 Å². The quantitative estimate of drug-likeness (QED) is 0.812. The lowest BCUT2D eigenvalue weighted by Gasteiger charge is -2.48. The van der Waals surface area contributed by atoms with Crippen molar-refractivity contribution in [2.24, 2.45) is 5.41 Å². The molecule has 0 aromatic rings. The second kappa shape index (κ2) is 7.94. The minimum atomic E-state index is 0.505. The summed E-state index contributed by atoms with van der Waals surface area (Å²) in [5.41, 5.74) is 0.506. The Morgan fingerprint density at radius 1 is 1.14 bits per heavy atom. The van der Waals surface area contributed by atoms with Gasteiger partial charge in [-0.3, -0.25) is 4.90 Å². The molecule has 0 aromatic carbocycles. The Balaban J connectivity index is 1.92. The second-order valence-corrected chi connectivity index (χ2v) is 7.73. The number of rotatable bonds is 6. The van der Waals surface area contributed by atoms with Crippen LogP contribution in [0.3, 0.4) is 0 Å². The van der Waals surface area contributed by atoms with E-state index in [4.69, 9.17) is 4.74 Å². The Morgan fingerprint density at radius 2 is 1.86 bits per heavy atom. The van der Waals surface area contributed by atoms with Crippen molar-refractivity contribution < 1.29 is 4.74 Å². The van der Waals surface area contributed by atoms with Crippen molar-refractivity contribution >= 4 is 0 Å². The van der Waals surface area contributed by atoms with Gasteiger partial charge in [0.15, 0.2) is 0 Å². The molecule has 2 unspecified atom stereocenters. The summed E-state index contributed by atoms with van der Waals surface area (Å²) in [6.07, 6.45) is 8.21. The lowest BCUT2D eigenvalue weighted by molar-refractivity contribution is -0.0161. The molecule has 3 nitrogen and oxygen atoms in total. The maximum atomic E-state index is 5.81. The van der Waals surface area contributed by atoms with Crippen molar-refractivity contribution in [3.63, 3.8) is 0 Å². The fourth-order valence-electron chi connectivity index (χ4n) is 4.11. The number of ether oxygens (including phenoxy) is 1. The second-order valence-electron chi connectivity index (χ2n) is 7.73. The zero-order valence-electron chi connectivity index (χ0n) is 14.7. The van der Waals surface area contributed by atoms with Crippen LogP contribution in [0.4, 0.5) is 0 Å². The normalized spacial score (nSPS) is 31.4. The zero-order valence-corrected chi connectivity index (χ0v) is 14.7. The van der Waals surface area contributed by atoms with Crippen molar-refractivity contribution in [3.8, 4) is 0 Å². The van der Waals surface area contributed by atoms with Crippen LogP contribution in [0.1, 0.15) is 66.2 Å². The molecule has 1 heterocycles. The minimum Gasteiger partial charge on any atom is -0.378 e. The maximum absolute atomic E-state index is 5.81. The summed E-state index contributed by atoms with van der Waals surface area (Å²) in [5, 5.41) is 3.82. The van der Waals surface area contributed by atoms with Gasteiger partial charge in [-0.25, -0.2) is 0 Å². The molecule has 0 spiro atoms. The number of hydrogen-bond acceptors (Lipinski definition) is 3. The van der Waals surface area contributed by atoms with Gasteiger partial charge in [0, 0.05) is 31.8 Å². The van der Waals surface area contributed by atoms with Crippen molar-refractivity contribution in [1.82, 2.24) is 10.2 Å². The fourth-order valence-corrected chi connectivity index (χ4v) is 4.11. The predicted octanol–water partition coefficient (Wildman–Crippen LogP) is 3.43. The minimum absolute atomic E-state index is 0.505. The highest BCUT2D eigenvalue weighted by atomic mass is 16.5. The first-order valence-corrected chi connectivity index (χ1v) is 9.14. The van der Waals surface area contributed by atoms with Gasteiger partial charge in [-0.1, -0.05) is 20.8 Å². The molecule has 1 N–H and O–H groups in total. The summed E-state index contributed by atoms with van der Waals surface area (Å²) in [6.45, 7) is 13.7. The molecule has 1 aliphatic heterocycles. The molecule has 3 heteroatoms. The first kappa shape index (κ1) is 17.2. The number of nitrogens with zero attached hydrogens (tertiary/aromatic N) is 1. The third-order valence-corrected chi connectivity index (χ3v) is 5.36. The van der Waals surface area contributed by atoms with Crippen LogP contribution in [0, 0.1) is 5.41 Å². The molecule has 0 aromatic heterocycles. The Labute approximate surface area is 131 Å². The molecule has 124 valence electrons. The average molecular weight is 296 g/mol. The molecule has 1 aliphatic carbocycles. The van der Waals surface area contributed by atoms with Gasteiger partial charge >= 0.3 is 0 Å². The highest BCUT2D eigenvalue weighted by Gasteiger charge is 2.38. The van der Waals surface area contributed by atoms with Crippen LogP contribution in [-0.2, 0) is 4.74 Å². The third kappa shape index (κ3) is 4.94. The Bertz CT molecular complexity index is 298. The molecule has 0 radical (unpaired) electrons. The van der Waals surface area contributed by atoms with Gasteiger partial charge in [-0.2, -0.15) is 0 Å². The van der Waals surface area contributed by atoms with Gasteiger partial charge in [-0.05, 0) is 57.4 Å². The van der Waals surface area contributed by atoms with Crippen molar-refractivity contribution in [1.29, 1.82) is 0 Å². The number of hydrogen-bond donors (Lipinski definition) is 1. The van der Waals surface area contributed by atoms with Gasteiger partial charge in [0.05, 0.1) is 6.10 Å². The van der Waals surface area contributed by atoms with Crippen LogP contribution in [0.25, 0.3) is 0 Å². The van der Waals surface area contributed by atoms with E-state index in [1.54, 1.807) is 0 Å². The highest BCUT2D eigenvalue weighted by molar-refractivity contribution is 4.95.